The maximum absolute atomic E-state index is 12.3. The molecule has 0 fully saturated rings. The molecule has 2 nitrogen and oxygen atoms in total. The predicted octanol–water partition coefficient (Wildman–Crippen LogP) is 5.51. The maximum atomic E-state index is 12.3. The number of hydrogen-bond donors (Lipinski definition) is 0. The molecule has 1 rings (SSSR count). The molecule has 0 aromatic heterocycles. The summed E-state index contributed by atoms with van der Waals surface area (Å²) in [4.78, 5) is 0. The summed E-state index contributed by atoms with van der Waals surface area (Å²) in [6, 6.07) is 8.08. The maximum Gasteiger partial charge on any atom is 0.220 e. The minimum atomic E-state index is -2.07. The Balaban J connectivity index is 2.41. The Bertz CT molecular complexity index is 404. The molecular weight excluding hydrogens is 279 g/mol. The molecule has 0 bridgehead atoms. The van der Waals surface area contributed by atoms with Gasteiger partial charge in [-0.25, -0.2) is 0 Å². The number of aryl methyl sites for hydroxylation is 1. The molecule has 1 atom stereocenters. The second kappa shape index (κ2) is 12.0. The summed E-state index contributed by atoms with van der Waals surface area (Å²) in [5, 5.41) is 0.937. The molecule has 1 aromatic rings. The molecule has 0 N–H and O–H groups in total. The Morgan fingerprint density at radius 1 is 0.905 bits per heavy atom. The van der Waals surface area contributed by atoms with E-state index in [9.17, 15) is 4.57 Å². The summed E-state index contributed by atoms with van der Waals surface area (Å²) in [6.45, 7) is 4.97. The van der Waals surface area contributed by atoms with Crippen LogP contribution in [0.15, 0.2) is 24.3 Å². The summed E-state index contributed by atoms with van der Waals surface area (Å²) >= 11 is 0. The van der Waals surface area contributed by atoms with Crippen molar-refractivity contribution in [3.05, 3.63) is 29.8 Å². The Kier molecular flexibility index (Phi) is 10.6. The molecular formula is C18H31O2P. The smallest absolute Gasteiger partial charge is 0.220 e. The SMILES string of the molecule is CCCCCCCCc1ccccc1[PH](=O)OCCCC. The molecule has 0 amide bonds. The van der Waals surface area contributed by atoms with Gasteiger partial charge >= 0.3 is 0 Å². The lowest BCUT2D eigenvalue weighted by Gasteiger charge is -2.10. The minimum absolute atomic E-state index is 0.611. The highest BCUT2D eigenvalue weighted by Gasteiger charge is 2.09. The highest BCUT2D eigenvalue weighted by Crippen LogP contribution is 2.25. The summed E-state index contributed by atoms with van der Waals surface area (Å²) in [7, 11) is -2.07. The quantitative estimate of drug-likeness (QED) is 0.376. The van der Waals surface area contributed by atoms with Crippen LogP contribution in [0, 0.1) is 0 Å². The lowest BCUT2D eigenvalue weighted by atomic mass is 10.1. The van der Waals surface area contributed by atoms with Gasteiger partial charge < -0.3 is 4.52 Å². The van der Waals surface area contributed by atoms with Crippen LogP contribution in [-0.2, 0) is 15.5 Å². The van der Waals surface area contributed by atoms with Crippen LogP contribution < -0.4 is 5.30 Å². The lowest BCUT2D eigenvalue weighted by molar-refractivity contribution is 0.326. The van der Waals surface area contributed by atoms with E-state index in [-0.39, 0.29) is 0 Å². The topological polar surface area (TPSA) is 26.3 Å². The second-order valence-corrected chi connectivity index (χ2v) is 7.07. The van der Waals surface area contributed by atoms with Gasteiger partial charge in [0.2, 0.25) is 8.03 Å². The minimum Gasteiger partial charge on any atom is -0.327 e. The third-order valence-corrected chi connectivity index (χ3v) is 5.16. The molecule has 0 spiro atoms. The van der Waals surface area contributed by atoms with Crippen LogP contribution in [0.1, 0.15) is 70.8 Å². The molecule has 0 saturated heterocycles. The normalized spacial score (nSPS) is 12.5. The van der Waals surface area contributed by atoms with Crippen molar-refractivity contribution in [3.8, 4) is 0 Å². The molecule has 1 aromatic carbocycles. The van der Waals surface area contributed by atoms with Crippen LogP contribution in [0.2, 0.25) is 0 Å². The van der Waals surface area contributed by atoms with Crippen molar-refractivity contribution < 1.29 is 9.09 Å². The molecule has 0 aliphatic rings. The van der Waals surface area contributed by atoms with Gasteiger partial charge in [0.05, 0.1) is 6.61 Å². The number of unbranched alkanes of at least 4 members (excludes halogenated alkanes) is 6. The first-order chi connectivity index (χ1) is 10.3. The molecule has 0 saturated carbocycles. The van der Waals surface area contributed by atoms with Gasteiger partial charge in [0.15, 0.2) is 0 Å². The number of benzene rings is 1. The third kappa shape index (κ3) is 7.83. The first-order valence-electron chi connectivity index (χ1n) is 8.54. The van der Waals surface area contributed by atoms with Crippen LogP contribution in [0.3, 0.4) is 0 Å². The summed E-state index contributed by atoms with van der Waals surface area (Å²) in [5.41, 5.74) is 1.22. The molecule has 0 radical (unpaired) electrons. The standard InChI is InChI=1S/C18H31O2P/c1-3-5-7-8-9-10-13-17-14-11-12-15-18(17)21(19)20-16-6-4-2/h11-12,14-15,21H,3-10,13,16H2,1-2H3. The molecule has 120 valence electrons. The van der Waals surface area contributed by atoms with E-state index in [1.165, 1.54) is 44.1 Å². The van der Waals surface area contributed by atoms with Gasteiger partial charge in [-0.15, -0.1) is 0 Å². The van der Waals surface area contributed by atoms with Crippen LogP contribution in [-0.4, -0.2) is 6.61 Å². The first kappa shape index (κ1) is 18.5. The number of rotatable bonds is 12. The molecule has 3 heteroatoms. The van der Waals surface area contributed by atoms with Crippen LogP contribution in [0.4, 0.5) is 0 Å². The van der Waals surface area contributed by atoms with Gasteiger partial charge in [0.1, 0.15) is 0 Å². The number of hydrogen-bond acceptors (Lipinski definition) is 2. The van der Waals surface area contributed by atoms with Crippen molar-refractivity contribution >= 4 is 13.3 Å². The molecule has 1 unspecified atom stereocenters. The van der Waals surface area contributed by atoms with Crippen LogP contribution in [0.25, 0.3) is 0 Å². The summed E-state index contributed by atoms with van der Waals surface area (Å²) in [6.07, 6.45) is 10.8. The van der Waals surface area contributed by atoms with Gasteiger partial charge in [-0.1, -0.05) is 70.6 Å². The Hall–Kier alpha value is -0.590. The average Bonchev–Trinajstić information content (AvgIpc) is 2.51. The average molecular weight is 310 g/mol. The van der Waals surface area contributed by atoms with Gasteiger partial charge in [-0.3, -0.25) is 4.57 Å². The van der Waals surface area contributed by atoms with Gasteiger partial charge in [-0.2, -0.15) is 0 Å². The van der Waals surface area contributed by atoms with Crippen LogP contribution in [0.5, 0.6) is 0 Å². The Morgan fingerprint density at radius 2 is 1.57 bits per heavy atom. The predicted molar refractivity (Wildman–Crippen MR) is 93.0 cm³/mol. The fourth-order valence-corrected chi connectivity index (χ4v) is 3.61. The molecule has 0 aliphatic heterocycles. The fourth-order valence-electron chi connectivity index (χ4n) is 2.42. The first-order valence-corrected chi connectivity index (χ1v) is 9.86. The largest absolute Gasteiger partial charge is 0.327 e. The summed E-state index contributed by atoms with van der Waals surface area (Å²) in [5.74, 6) is 0. The van der Waals surface area contributed by atoms with Crippen LogP contribution >= 0.6 is 8.03 Å². The molecule has 0 heterocycles. The third-order valence-electron chi connectivity index (χ3n) is 3.77. The molecule has 21 heavy (non-hydrogen) atoms. The zero-order valence-electron chi connectivity index (χ0n) is 13.7. The zero-order chi connectivity index (χ0) is 15.3. The second-order valence-electron chi connectivity index (χ2n) is 5.66. The van der Waals surface area contributed by atoms with E-state index >= 15 is 0 Å². The van der Waals surface area contributed by atoms with Crippen molar-refractivity contribution in [1.82, 2.24) is 0 Å². The summed E-state index contributed by atoms with van der Waals surface area (Å²) < 4.78 is 17.8. The van der Waals surface area contributed by atoms with Crippen molar-refractivity contribution in [3.63, 3.8) is 0 Å². The van der Waals surface area contributed by atoms with E-state index < -0.39 is 8.03 Å². The Labute approximate surface area is 131 Å². The van der Waals surface area contributed by atoms with E-state index in [1.54, 1.807) is 0 Å². The lowest BCUT2D eigenvalue weighted by Crippen LogP contribution is -2.07. The van der Waals surface area contributed by atoms with E-state index in [0.29, 0.717) is 6.61 Å². The highest BCUT2D eigenvalue weighted by molar-refractivity contribution is 7.48. The highest BCUT2D eigenvalue weighted by atomic mass is 31.1. The van der Waals surface area contributed by atoms with Crippen molar-refractivity contribution in [1.29, 1.82) is 0 Å². The fraction of sp³-hybridized carbons (Fsp3) is 0.667. The van der Waals surface area contributed by atoms with E-state index in [4.69, 9.17) is 4.52 Å². The van der Waals surface area contributed by atoms with E-state index in [1.807, 2.05) is 18.2 Å². The van der Waals surface area contributed by atoms with Gasteiger partial charge in [0.25, 0.3) is 0 Å². The van der Waals surface area contributed by atoms with Crippen molar-refractivity contribution in [2.45, 2.75) is 71.6 Å². The van der Waals surface area contributed by atoms with E-state index in [0.717, 1.165) is 24.6 Å². The van der Waals surface area contributed by atoms with Gasteiger partial charge in [0, 0.05) is 5.30 Å². The molecule has 0 aliphatic carbocycles. The van der Waals surface area contributed by atoms with Gasteiger partial charge in [-0.05, 0) is 30.9 Å². The Morgan fingerprint density at radius 3 is 2.33 bits per heavy atom. The van der Waals surface area contributed by atoms with Crippen molar-refractivity contribution in [2.75, 3.05) is 6.61 Å². The zero-order valence-corrected chi connectivity index (χ0v) is 14.7. The monoisotopic (exact) mass is 310 g/mol. The van der Waals surface area contributed by atoms with Crippen molar-refractivity contribution in [2.24, 2.45) is 0 Å². The van der Waals surface area contributed by atoms with E-state index in [2.05, 4.69) is 19.9 Å².